The zero-order valence-corrected chi connectivity index (χ0v) is 5.47. The summed E-state index contributed by atoms with van der Waals surface area (Å²) in [5.74, 6) is 0. The molecule has 3 nitrogen and oxygen atoms in total. The van der Waals surface area contributed by atoms with E-state index in [9.17, 15) is 0 Å². The summed E-state index contributed by atoms with van der Waals surface area (Å²) in [6, 6.07) is 0. The van der Waals surface area contributed by atoms with E-state index in [-0.39, 0.29) is 29.6 Å². The molecule has 0 atom stereocenters. The molecule has 0 aliphatic carbocycles. The minimum atomic E-state index is 0. The van der Waals surface area contributed by atoms with Crippen LogP contribution < -0.4 is 29.6 Å². The Morgan fingerprint density at radius 2 is 2.50 bits per heavy atom. The fourth-order valence-corrected chi connectivity index (χ4v) is 0.144. The van der Waals surface area contributed by atoms with Crippen molar-refractivity contribution in [2.24, 2.45) is 0 Å². The van der Waals surface area contributed by atoms with Crippen LogP contribution in [0.1, 0.15) is 0 Å². The molecule has 0 aliphatic rings. The van der Waals surface area contributed by atoms with Gasteiger partial charge >= 0.3 is 29.6 Å². The first kappa shape index (κ1) is 6.14. The fraction of sp³-hybridized carbons (Fsp3) is 0. The molecule has 0 aliphatic heterocycles. The molecule has 6 heavy (non-hydrogen) atoms. The van der Waals surface area contributed by atoms with Gasteiger partial charge in [-0.2, -0.15) is 0 Å². The monoisotopic (exact) mass is 91.0 g/mol. The molecular formula is C2H2N3Na. The van der Waals surface area contributed by atoms with Crippen LogP contribution in [0.5, 0.6) is 0 Å². The maximum Gasteiger partial charge on any atom is 1.00 e. The second-order valence-electron chi connectivity index (χ2n) is 0.599. The van der Waals surface area contributed by atoms with E-state index in [4.69, 9.17) is 0 Å². The molecule has 0 radical (unpaired) electrons. The van der Waals surface area contributed by atoms with Gasteiger partial charge in [-0.3, -0.25) is 5.10 Å². The van der Waals surface area contributed by atoms with Crippen molar-refractivity contribution in [3.8, 4) is 0 Å². The van der Waals surface area contributed by atoms with Crippen LogP contribution in [0.2, 0.25) is 0 Å². The molecule has 1 aromatic heterocycles. The molecule has 0 amide bonds. The largest absolute Gasteiger partial charge is 1.00 e. The summed E-state index contributed by atoms with van der Waals surface area (Å²) >= 11 is 0. The van der Waals surface area contributed by atoms with Gasteiger partial charge in [0.1, 0.15) is 0 Å². The summed E-state index contributed by atoms with van der Waals surface area (Å²) in [5.41, 5.74) is 0. The van der Waals surface area contributed by atoms with E-state index in [1.165, 1.54) is 6.33 Å². The normalized spacial score (nSPS) is 6.67. The van der Waals surface area contributed by atoms with Gasteiger partial charge in [0.25, 0.3) is 0 Å². The predicted molar refractivity (Wildman–Crippen MR) is 15.2 cm³/mol. The van der Waals surface area contributed by atoms with Gasteiger partial charge in [-0.05, 0) is 12.7 Å². The molecule has 0 aromatic carbocycles. The van der Waals surface area contributed by atoms with Gasteiger partial charge in [0.05, 0.1) is 0 Å². The first-order valence-corrected chi connectivity index (χ1v) is 1.22. The van der Waals surface area contributed by atoms with Gasteiger partial charge in [-0.1, -0.05) is 0 Å². The Balaban J connectivity index is 0.000000250. The molecule has 1 rings (SSSR count). The summed E-state index contributed by atoms with van der Waals surface area (Å²) in [5, 5.41) is 5.81. The Morgan fingerprint density at radius 3 is 2.67 bits per heavy atom. The summed E-state index contributed by atoms with van der Waals surface area (Å²) in [6.07, 6.45) is 3.76. The number of nitrogens with one attached hydrogen (secondary N) is 1. The van der Waals surface area contributed by atoms with Crippen LogP contribution in [0.4, 0.5) is 0 Å². The smallest absolute Gasteiger partial charge is 0.421 e. The van der Waals surface area contributed by atoms with E-state index in [1.54, 1.807) is 0 Å². The number of aromatic amines is 1. The number of rotatable bonds is 0. The first-order chi connectivity index (χ1) is 2.50. The molecule has 0 fully saturated rings. The third kappa shape index (κ3) is 1.55. The molecule has 1 heterocycles. The molecule has 1 N–H and O–H groups in total. The third-order valence-corrected chi connectivity index (χ3v) is 0.295. The van der Waals surface area contributed by atoms with E-state index in [0.29, 0.717) is 0 Å². The Kier molecular flexibility index (Phi) is 3.41. The summed E-state index contributed by atoms with van der Waals surface area (Å²) in [4.78, 5) is 3.43. The van der Waals surface area contributed by atoms with Gasteiger partial charge in [-0.25, -0.2) is 0 Å². The Hall–Kier alpha value is 0.140. The minimum absolute atomic E-state index is 0. The number of nitrogens with zero attached hydrogens (tertiary/aromatic N) is 2. The van der Waals surface area contributed by atoms with Crippen LogP contribution in [0.25, 0.3) is 0 Å². The number of hydrogen-bond donors (Lipinski definition) is 1. The maximum atomic E-state index is 3.43. The van der Waals surface area contributed by atoms with E-state index in [2.05, 4.69) is 21.5 Å². The Bertz CT molecular complexity index is 65.3. The maximum absolute atomic E-state index is 3.43. The van der Waals surface area contributed by atoms with Crippen LogP contribution in [0, 0.1) is 6.33 Å². The van der Waals surface area contributed by atoms with Gasteiger partial charge in [-0.15, -0.1) is 0 Å². The van der Waals surface area contributed by atoms with Crippen LogP contribution >= 0.6 is 0 Å². The van der Waals surface area contributed by atoms with Crippen molar-refractivity contribution in [3.63, 3.8) is 0 Å². The van der Waals surface area contributed by atoms with Gasteiger partial charge in [0, 0.05) is 0 Å². The van der Waals surface area contributed by atoms with Gasteiger partial charge in [0.15, 0.2) is 0 Å². The minimum Gasteiger partial charge on any atom is -0.421 e. The van der Waals surface area contributed by atoms with Crippen LogP contribution in [0.3, 0.4) is 0 Å². The van der Waals surface area contributed by atoms with Crippen LogP contribution in [-0.2, 0) is 0 Å². The summed E-state index contributed by atoms with van der Waals surface area (Å²) < 4.78 is 0. The molecule has 26 valence electrons. The number of H-pyrrole nitrogens is 1. The molecule has 4 heteroatoms. The second kappa shape index (κ2) is 3.33. The van der Waals surface area contributed by atoms with E-state index in [1.807, 2.05) is 0 Å². The number of hydrogen-bond acceptors (Lipinski definition) is 2. The second-order valence-corrected chi connectivity index (χ2v) is 0.599. The topological polar surface area (TPSA) is 41.6 Å². The van der Waals surface area contributed by atoms with Crippen LogP contribution in [0.15, 0.2) is 6.33 Å². The van der Waals surface area contributed by atoms with Crippen molar-refractivity contribution < 1.29 is 29.6 Å². The average molecular weight is 91.0 g/mol. The van der Waals surface area contributed by atoms with E-state index < -0.39 is 0 Å². The van der Waals surface area contributed by atoms with Crippen molar-refractivity contribution in [1.82, 2.24) is 15.2 Å². The van der Waals surface area contributed by atoms with Crippen LogP contribution in [-0.4, -0.2) is 15.2 Å². The first-order valence-electron chi connectivity index (χ1n) is 1.22. The predicted octanol–water partition coefficient (Wildman–Crippen LogP) is -3.39. The SMILES string of the molecule is [Na+].[c-]1nc[nH]n1. The standard InChI is InChI=1S/C2H2N3.Na/c1-3-2-5-4-1;/h1H,(H,3,4,5);/q-1;+1. The molecule has 0 bridgehead atoms. The third-order valence-electron chi connectivity index (χ3n) is 0.295. The van der Waals surface area contributed by atoms with Crippen molar-refractivity contribution >= 4 is 0 Å². The van der Waals surface area contributed by atoms with Crippen molar-refractivity contribution in [2.45, 2.75) is 0 Å². The Labute approximate surface area is 57.5 Å². The summed E-state index contributed by atoms with van der Waals surface area (Å²) in [7, 11) is 0. The molecule has 0 saturated heterocycles. The van der Waals surface area contributed by atoms with Crippen molar-refractivity contribution in [2.75, 3.05) is 0 Å². The zero-order chi connectivity index (χ0) is 3.54. The zero-order valence-electron chi connectivity index (χ0n) is 3.47. The molecule has 0 saturated carbocycles. The van der Waals surface area contributed by atoms with E-state index in [0.717, 1.165) is 0 Å². The van der Waals surface area contributed by atoms with E-state index >= 15 is 0 Å². The molecular weight excluding hydrogens is 89.0 g/mol. The van der Waals surface area contributed by atoms with Gasteiger partial charge < -0.3 is 10.1 Å². The molecule has 1 aromatic rings. The van der Waals surface area contributed by atoms with Gasteiger partial charge in [0.2, 0.25) is 0 Å². The Morgan fingerprint density at radius 1 is 1.67 bits per heavy atom. The quantitative estimate of drug-likeness (QED) is 0.267. The molecule has 0 spiro atoms. The van der Waals surface area contributed by atoms with Crippen molar-refractivity contribution in [1.29, 1.82) is 0 Å². The summed E-state index contributed by atoms with van der Waals surface area (Å²) in [6.45, 7) is 0. The average Bonchev–Trinajstić information content (AvgIpc) is 1.76. The molecule has 0 unspecified atom stereocenters. The fourth-order valence-electron chi connectivity index (χ4n) is 0.144. The van der Waals surface area contributed by atoms with Crippen molar-refractivity contribution in [3.05, 3.63) is 12.7 Å². The number of aromatic nitrogens is 3.